The van der Waals surface area contributed by atoms with E-state index in [0.29, 0.717) is 6.42 Å². The largest absolute Gasteiger partial charge is 0.469 e. The SMILES string of the molecule is COC(=O)CC[C@H]1N=C(c2ccccn2)c2cc(Br)ccc2-n2c(C)cnc21. The van der Waals surface area contributed by atoms with Crippen molar-refractivity contribution >= 4 is 27.6 Å². The number of aliphatic imine (C=N–C) groups is 1. The number of rotatable bonds is 4. The molecule has 3 aromatic rings. The van der Waals surface area contributed by atoms with Crippen LogP contribution in [0.2, 0.25) is 0 Å². The summed E-state index contributed by atoms with van der Waals surface area (Å²) < 4.78 is 7.90. The molecule has 6 nitrogen and oxygen atoms in total. The molecular formula is C21H19BrN4O2. The molecule has 0 bridgehead atoms. The van der Waals surface area contributed by atoms with E-state index in [1.165, 1.54) is 7.11 Å². The van der Waals surface area contributed by atoms with Crippen LogP contribution in [0.4, 0.5) is 0 Å². The summed E-state index contributed by atoms with van der Waals surface area (Å²) in [6.45, 7) is 2.02. The fourth-order valence-corrected chi connectivity index (χ4v) is 3.80. The van der Waals surface area contributed by atoms with Crippen molar-refractivity contribution in [3.8, 4) is 5.69 Å². The Balaban J connectivity index is 1.93. The minimum Gasteiger partial charge on any atom is -0.469 e. The van der Waals surface area contributed by atoms with Gasteiger partial charge < -0.3 is 4.74 Å². The van der Waals surface area contributed by atoms with Gasteiger partial charge in [-0.05, 0) is 43.7 Å². The zero-order valence-electron chi connectivity index (χ0n) is 15.6. The molecule has 2 aromatic heterocycles. The van der Waals surface area contributed by atoms with Crippen LogP contribution in [0.1, 0.15) is 41.7 Å². The van der Waals surface area contributed by atoms with Crippen LogP contribution in [0, 0.1) is 6.92 Å². The van der Waals surface area contributed by atoms with Gasteiger partial charge in [-0.1, -0.05) is 22.0 Å². The van der Waals surface area contributed by atoms with Gasteiger partial charge in [-0.3, -0.25) is 19.3 Å². The van der Waals surface area contributed by atoms with Gasteiger partial charge in [0.2, 0.25) is 0 Å². The van der Waals surface area contributed by atoms with Gasteiger partial charge in [0.1, 0.15) is 11.9 Å². The number of imidazole rings is 1. The molecule has 1 atom stereocenters. The summed E-state index contributed by atoms with van der Waals surface area (Å²) in [7, 11) is 1.40. The van der Waals surface area contributed by atoms with E-state index in [1.807, 2.05) is 37.4 Å². The predicted octanol–water partition coefficient (Wildman–Crippen LogP) is 4.18. The third-order valence-corrected chi connectivity index (χ3v) is 5.25. The van der Waals surface area contributed by atoms with Crippen LogP contribution in [0.25, 0.3) is 5.69 Å². The molecule has 0 saturated carbocycles. The number of nitrogens with zero attached hydrogens (tertiary/aromatic N) is 4. The highest BCUT2D eigenvalue weighted by Gasteiger charge is 2.28. The first-order valence-corrected chi connectivity index (χ1v) is 9.78. The van der Waals surface area contributed by atoms with E-state index in [1.54, 1.807) is 6.20 Å². The van der Waals surface area contributed by atoms with Crippen molar-refractivity contribution < 1.29 is 9.53 Å². The summed E-state index contributed by atoms with van der Waals surface area (Å²) in [5, 5.41) is 0. The smallest absolute Gasteiger partial charge is 0.305 e. The minimum atomic E-state index is -0.281. The van der Waals surface area contributed by atoms with Crippen LogP contribution in [0.15, 0.2) is 58.3 Å². The van der Waals surface area contributed by atoms with E-state index in [0.717, 1.165) is 38.6 Å². The number of ether oxygens (including phenoxy) is 1. The molecule has 1 aromatic carbocycles. The molecule has 0 amide bonds. The molecule has 1 aliphatic rings. The molecule has 0 unspecified atom stereocenters. The van der Waals surface area contributed by atoms with Crippen molar-refractivity contribution in [1.29, 1.82) is 0 Å². The third kappa shape index (κ3) is 3.38. The van der Waals surface area contributed by atoms with E-state index >= 15 is 0 Å². The maximum atomic E-state index is 11.8. The maximum Gasteiger partial charge on any atom is 0.305 e. The Kier molecular flexibility index (Phi) is 5.09. The summed E-state index contributed by atoms with van der Waals surface area (Å²) in [6.07, 6.45) is 4.38. The molecule has 3 heterocycles. The summed E-state index contributed by atoms with van der Waals surface area (Å²) >= 11 is 3.58. The number of halogens is 1. The molecule has 0 spiro atoms. The van der Waals surface area contributed by atoms with E-state index in [4.69, 9.17) is 9.73 Å². The number of pyridine rings is 1. The van der Waals surface area contributed by atoms with E-state index in [2.05, 4.69) is 42.6 Å². The maximum absolute atomic E-state index is 11.8. The predicted molar refractivity (Wildman–Crippen MR) is 110 cm³/mol. The standard InChI is InChI=1S/C21H19BrN4O2/c1-13-12-24-21-17(7-9-19(27)28-2)25-20(16-5-3-4-10-23-16)15-11-14(22)6-8-18(15)26(13)21/h3-6,8,10-12,17H,7,9H2,1-2H3/t17-/m1/s1. The number of benzene rings is 1. The summed E-state index contributed by atoms with van der Waals surface area (Å²) in [4.78, 5) is 25.9. The zero-order valence-corrected chi connectivity index (χ0v) is 17.2. The quantitative estimate of drug-likeness (QED) is 0.572. The average Bonchev–Trinajstić information content (AvgIpc) is 3.03. The van der Waals surface area contributed by atoms with E-state index < -0.39 is 0 Å². The molecular weight excluding hydrogens is 420 g/mol. The Hall–Kier alpha value is -2.80. The lowest BCUT2D eigenvalue weighted by atomic mass is 10.0. The lowest BCUT2D eigenvalue weighted by Crippen LogP contribution is -2.09. The van der Waals surface area contributed by atoms with Gasteiger partial charge in [-0.2, -0.15) is 0 Å². The highest BCUT2D eigenvalue weighted by atomic mass is 79.9. The monoisotopic (exact) mass is 438 g/mol. The highest BCUT2D eigenvalue weighted by Crippen LogP contribution is 2.34. The number of carbonyl (C=O) groups excluding carboxylic acids is 1. The van der Waals surface area contributed by atoms with Gasteiger partial charge >= 0.3 is 5.97 Å². The van der Waals surface area contributed by atoms with Gasteiger partial charge in [0.15, 0.2) is 0 Å². The van der Waals surface area contributed by atoms with Gasteiger partial charge in [-0.15, -0.1) is 0 Å². The van der Waals surface area contributed by atoms with Crippen LogP contribution >= 0.6 is 15.9 Å². The normalized spacial score (nSPS) is 15.2. The van der Waals surface area contributed by atoms with Crippen molar-refractivity contribution in [1.82, 2.24) is 14.5 Å². The second kappa shape index (κ2) is 7.67. The highest BCUT2D eigenvalue weighted by molar-refractivity contribution is 9.10. The van der Waals surface area contributed by atoms with Crippen molar-refractivity contribution in [2.45, 2.75) is 25.8 Å². The topological polar surface area (TPSA) is 69.4 Å². The fourth-order valence-electron chi connectivity index (χ4n) is 3.44. The minimum absolute atomic E-state index is 0.256. The summed E-state index contributed by atoms with van der Waals surface area (Å²) in [5.41, 5.74) is 4.55. The van der Waals surface area contributed by atoms with Crippen LogP contribution in [0.5, 0.6) is 0 Å². The molecule has 4 rings (SSSR count). The molecule has 0 N–H and O–H groups in total. The van der Waals surface area contributed by atoms with Crippen molar-refractivity contribution in [2.24, 2.45) is 4.99 Å². The Morgan fingerprint density at radius 2 is 2.11 bits per heavy atom. The molecule has 7 heteroatoms. The second-order valence-corrected chi connectivity index (χ2v) is 7.49. The molecule has 0 saturated heterocycles. The Morgan fingerprint density at radius 1 is 1.25 bits per heavy atom. The Labute approximate surface area is 171 Å². The number of methoxy groups -OCH3 is 1. The number of carbonyl (C=O) groups is 1. The molecule has 0 fully saturated rings. The number of hydrogen-bond acceptors (Lipinski definition) is 5. The third-order valence-electron chi connectivity index (χ3n) is 4.76. The van der Waals surface area contributed by atoms with Crippen LogP contribution in [0.3, 0.4) is 0 Å². The molecule has 1 aliphatic heterocycles. The fraction of sp³-hybridized carbons (Fsp3) is 0.238. The van der Waals surface area contributed by atoms with Gasteiger partial charge in [0.25, 0.3) is 0 Å². The Bertz CT molecular complexity index is 1060. The first-order valence-electron chi connectivity index (χ1n) is 8.99. The van der Waals surface area contributed by atoms with Crippen molar-refractivity contribution in [2.75, 3.05) is 7.11 Å². The number of esters is 1. The first-order chi connectivity index (χ1) is 13.6. The molecule has 0 aliphatic carbocycles. The number of aryl methyl sites for hydroxylation is 1. The van der Waals surface area contributed by atoms with E-state index in [-0.39, 0.29) is 18.4 Å². The molecule has 0 radical (unpaired) electrons. The Morgan fingerprint density at radius 3 is 2.86 bits per heavy atom. The lowest BCUT2D eigenvalue weighted by molar-refractivity contribution is -0.140. The molecule has 28 heavy (non-hydrogen) atoms. The number of hydrogen-bond donors (Lipinski definition) is 0. The molecule has 142 valence electrons. The average molecular weight is 439 g/mol. The van der Waals surface area contributed by atoms with Gasteiger partial charge in [0.05, 0.1) is 24.2 Å². The second-order valence-electron chi connectivity index (χ2n) is 6.58. The lowest BCUT2D eigenvalue weighted by Gasteiger charge is -2.14. The van der Waals surface area contributed by atoms with Crippen molar-refractivity contribution in [3.63, 3.8) is 0 Å². The summed E-state index contributed by atoms with van der Waals surface area (Å²) in [5.74, 6) is 0.560. The number of aromatic nitrogens is 3. The van der Waals surface area contributed by atoms with Gasteiger partial charge in [0, 0.05) is 34.5 Å². The first kappa shape index (κ1) is 18.6. The van der Waals surface area contributed by atoms with Crippen molar-refractivity contribution in [3.05, 3.63) is 76.0 Å². The van der Waals surface area contributed by atoms with Crippen LogP contribution in [-0.4, -0.2) is 33.3 Å². The van der Waals surface area contributed by atoms with Crippen LogP contribution < -0.4 is 0 Å². The zero-order chi connectivity index (χ0) is 19.7. The van der Waals surface area contributed by atoms with Gasteiger partial charge in [-0.25, -0.2) is 4.98 Å². The summed E-state index contributed by atoms with van der Waals surface area (Å²) in [6, 6.07) is 11.6. The number of fused-ring (bicyclic) bond motifs is 3. The van der Waals surface area contributed by atoms with E-state index in [9.17, 15) is 4.79 Å². The van der Waals surface area contributed by atoms with Crippen LogP contribution in [-0.2, 0) is 9.53 Å².